The molecule has 1 aliphatic heterocycles. The SMILES string of the molecule is CCOc1ccc([C@H](C)NS(=O)(=O)c2ccc(N3CCCC3=O)c(C)c2)cc1. The molecule has 1 atom stereocenters. The van der Waals surface area contributed by atoms with E-state index in [0.29, 0.717) is 19.6 Å². The van der Waals surface area contributed by atoms with Gasteiger partial charge in [-0.15, -0.1) is 0 Å². The summed E-state index contributed by atoms with van der Waals surface area (Å²) in [5, 5.41) is 0. The van der Waals surface area contributed by atoms with Crippen LogP contribution in [0.3, 0.4) is 0 Å². The van der Waals surface area contributed by atoms with Crippen LogP contribution >= 0.6 is 0 Å². The summed E-state index contributed by atoms with van der Waals surface area (Å²) in [6.07, 6.45) is 1.38. The lowest BCUT2D eigenvalue weighted by atomic mass is 10.1. The predicted molar refractivity (Wildman–Crippen MR) is 109 cm³/mol. The summed E-state index contributed by atoms with van der Waals surface area (Å²) >= 11 is 0. The van der Waals surface area contributed by atoms with Crippen LogP contribution in [-0.2, 0) is 14.8 Å². The zero-order valence-corrected chi connectivity index (χ0v) is 17.3. The van der Waals surface area contributed by atoms with Gasteiger partial charge in [-0.25, -0.2) is 13.1 Å². The van der Waals surface area contributed by atoms with Crippen LogP contribution in [0.25, 0.3) is 0 Å². The zero-order chi connectivity index (χ0) is 20.3. The molecule has 1 amide bonds. The highest BCUT2D eigenvalue weighted by molar-refractivity contribution is 7.89. The van der Waals surface area contributed by atoms with E-state index in [1.165, 1.54) is 0 Å². The number of nitrogens with one attached hydrogen (secondary N) is 1. The molecule has 1 heterocycles. The molecule has 0 saturated carbocycles. The van der Waals surface area contributed by atoms with Crippen LogP contribution in [0.1, 0.15) is 43.9 Å². The van der Waals surface area contributed by atoms with E-state index in [1.54, 1.807) is 30.0 Å². The molecule has 1 N–H and O–H groups in total. The van der Waals surface area contributed by atoms with Crippen LogP contribution in [0.5, 0.6) is 5.75 Å². The van der Waals surface area contributed by atoms with Crippen LogP contribution in [-0.4, -0.2) is 27.5 Å². The van der Waals surface area contributed by atoms with Crippen molar-refractivity contribution in [2.75, 3.05) is 18.1 Å². The third kappa shape index (κ3) is 4.36. The Morgan fingerprint density at radius 3 is 2.46 bits per heavy atom. The number of ether oxygens (including phenoxy) is 1. The lowest BCUT2D eigenvalue weighted by Gasteiger charge is -2.20. The van der Waals surface area contributed by atoms with E-state index in [2.05, 4.69) is 4.72 Å². The molecular formula is C21H26N2O4S. The van der Waals surface area contributed by atoms with Gasteiger partial charge in [0.2, 0.25) is 15.9 Å². The van der Waals surface area contributed by atoms with Gasteiger partial charge in [0, 0.05) is 24.7 Å². The monoisotopic (exact) mass is 402 g/mol. The molecule has 0 spiro atoms. The first-order valence-corrected chi connectivity index (χ1v) is 11.0. The van der Waals surface area contributed by atoms with E-state index in [-0.39, 0.29) is 16.8 Å². The quantitative estimate of drug-likeness (QED) is 0.768. The molecule has 2 aromatic carbocycles. The van der Waals surface area contributed by atoms with Gasteiger partial charge in [-0.05, 0) is 68.7 Å². The van der Waals surface area contributed by atoms with Crippen LogP contribution in [0.4, 0.5) is 5.69 Å². The summed E-state index contributed by atoms with van der Waals surface area (Å²) in [7, 11) is -3.69. The highest BCUT2D eigenvalue weighted by Crippen LogP contribution is 2.28. The Morgan fingerprint density at radius 1 is 1.18 bits per heavy atom. The number of benzene rings is 2. The first kappa shape index (κ1) is 20.4. The fourth-order valence-corrected chi connectivity index (χ4v) is 4.71. The van der Waals surface area contributed by atoms with Gasteiger partial charge >= 0.3 is 0 Å². The van der Waals surface area contributed by atoms with Gasteiger partial charge in [0.1, 0.15) is 5.75 Å². The summed E-state index contributed by atoms with van der Waals surface area (Å²) in [6.45, 7) is 6.81. The third-order valence-electron chi connectivity index (χ3n) is 4.87. The number of nitrogens with zero attached hydrogens (tertiary/aromatic N) is 1. The summed E-state index contributed by atoms with van der Waals surface area (Å²) in [5.41, 5.74) is 2.40. The Bertz CT molecular complexity index is 955. The Balaban J connectivity index is 1.76. The fraction of sp³-hybridized carbons (Fsp3) is 0.381. The van der Waals surface area contributed by atoms with Gasteiger partial charge in [0.15, 0.2) is 0 Å². The Morgan fingerprint density at radius 2 is 1.89 bits per heavy atom. The number of carbonyl (C=O) groups is 1. The summed E-state index contributed by atoms with van der Waals surface area (Å²) < 4.78 is 33.8. The van der Waals surface area contributed by atoms with Crippen molar-refractivity contribution >= 4 is 21.6 Å². The largest absolute Gasteiger partial charge is 0.494 e. The topological polar surface area (TPSA) is 75.7 Å². The maximum atomic E-state index is 12.8. The first-order chi connectivity index (χ1) is 13.3. The normalized spacial score (nSPS) is 15.7. The van der Waals surface area contributed by atoms with Crippen LogP contribution in [0.2, 0.25) is 0 Å². The van der Waals surface area contributed by atoms with Crippen molar-refractivity contribution in [2.24, 2.45) is 0 Å². The molecule has 0 bridgehead atoms. The standard InChI is InChI=1S/C21H26N2O4S/c1-4-27-18-9-7-17(8-10-18)16(3)22-28(25,26)19-11-12-20(15(2)14-19)23-13-5-6-21(23)24/h7-12,14,16,22H,4-6,13H2,1-3H3/t16-/m0/s1. The molecule has 1 aliphatic rings. The minimum absolute atomic E-state index is 0.0842. The zero-order valence-electron chi connectivity index (χ0n) is 16.4. The molecule has 1 fully saturated rings. The lowest BCUT2D eigenvalue weighted by Crippen LogP contribution is -2.28. The summed E-state index contributed by atoms with van der Waals surface area (Å²) in [6, 6.07) is 11.9. The van der Waals surface area contributed by atoms with E-state index in [9.17, 15) is 13.2 Å². The Labute approximate surface area is 166 Å². The maximum absolute atomic E-state index is 12.8. The number of aryl methyl sites for hydroxylation is 1. The molecule has 1 saturated heterocycles. The van der Waals surface area contributed by atoms with Gasteiger partial charge in [-0.2, -0.15) is 0 Å². The fourth-order valence-electron chi connectivity index (χ4n) is 3.39. The Hall–Kier alpha value is -2.38. The van der Waals surface area contributed by atoms with Gasteiger partial charge < -0.3 is 9.64 Å². The van der Waals surface area contributed by atoms with Crippen molar-refractivity contribution in [2.45, 2.75) is 44.6 Å². The van der Waals surface area contributed by atoms with E-state index < -0.39 is 10.0 Å². The van der Waals surface area contributed by atoms with Crippen molar-refractivity contribution in [1.29, 1.82) is 0 Å². The van der Waals surface area contributed by atoms with Crippen LogP contribution < -0.4 is 14.4 Å². The Kier molecular flexibility index (Phi) is 6.05. The summed E-state index contributed by atoms with van der Waals surface area (Å²) in [5.74, 6) is 0.838. The second-order valence-electron chi connectivity index (χ2n) is 6.94. The van der Waals surface area contributed by atoms with Crippen molar-refractivity contribution in [3.05, 3.63) is 53.6 Å². The molecular weight excluding hydrogens is 376 g/mol. The molecule has 3 rings (SSSR count). The number of rotatable bonds is 7. The van der Waals surface area contributed by atoms with Crippen molar-refractivity contribution in [3.63, 3.8) is 0 Å². The van der Waals surface area contributed by atoms with E-state index in [0.717, 1.165) is 29.0 Å². The highest BCUT2D eigenvalue weighted by Gasteiger charge is 2.25. The second kappa shape index (κ2) is 8.32. The number of anilines is 1. The number of carbonyl (C=O) groups excluding carboxylic acids is 1. The first-order valence-electron chi connectivity index (χ1n) is 9.48. The number of hydrogen-bond donors (Lipinski definition) is 1. The molecule has 0 radical (unpaired) electrons. The van der Waals surface area contributed by atoms with E-state index in [1.807, 2.05) is 38.1 Å². The lowest BCUT2D eigenvalue weighted by molar-refractivity contribution is -0.117. The highest BCUT2D eigenvalue weighted by atomic mass is 32.2. The molecule has 28 heavy (non-hydrogen) atoms. The smallest absolute Gasteiger partial charge is 0.241 e. The molecule has 6 nitrogen and oxygen atoms in total. The van der Waals surface area contributed by atoms with Gasteiger partial charge in [0.05, 0.1) is 11.5 Å². The average Bonchev–Trinajstić information content (AvgIpc) is 3.08. The van der Waals surface area contributed by atoms with E-state index in [4.69, 9.17) is 4.74 Å². The van der Waals surface area contributed by atoms with Crippen molar-refractivity contribution < 1.29 is 17.9 Å². The average molecular weight is 403 g/mol. The number of hydrogen-bond acceptors (Lipinski definition) is 4. The van der Waals surface area contributed by atoms with Gasteiger partial charge in [-0.3, -0.25) is 4.79 Å². The minimum Gasteiger partial charge on any atom is -0.494 e. The van der Waals surface area contributed by atoms with Crippen molar-refractivity contribution in [1.82, 2.24) is 4.72 Å². The van der Waals surface area contributed by atoms with Crippen LogP contribution in [0, 0.1) is 6.92 Å². The van der Waals surface area contributed by atoms with Gasteiger partial charge in [-0.1, -0.05) is 12.1 Å². The van der Waals surface area contributed by atoms with Gasteiger partial charge in [0.25, 0.3) is 0 Å². The number of sulfonamides is 1. The molecule has 150 valence electrons. The summed E-state index contributed by atoms with van der Waals surface area (Å²) in [4.78, 5) is 13.9. The second-order valence-corrected chi connectivity index (χ2v) is 8.66. The minimum atomic E-state index is -3.69. The van der Waals surface area contributed by atoms with Crippen LogP contribution in [0.15, 0.2) is 47.4 Å². The maximum Gasteiger partial charge on any atom is 0.241 e. The van der Waals surface area contributed by atoms with E-state index >= 15 is 0 Å². The number of amides is 1. The third-order valence-corrected chi connectivity index (χ3v) is 6.40. The molecule has 7 heteroatoms. The molecule has 0 aromatic heterocycles. The van der Waals surface area contributed by atoms with Crippen molar-refractivity contribution in [3.8, 4) is 5.75 Å². The molecule has 0 unspecified atom stereocenters. The molecule has 0 aliphatic carbocycles. The predicted octanol–water partition coefficient (Wildman–Crippen LogP) is 3.56. The molecule has 2 aromatic rings.